The fourth-order valence-electron chi connectivity index (χ4n) is 3.37. The smallest absolute Gasteiger partial charge is 0.190 e. The predicted molar refractivity (Wildman–Crippen MR) is 116 cm³/mol. The van der Waals surface area contributed by atoms with Gasteiger partial charge >= 0.3 is 0 Å². The van der Waals surface area contributed by atoms with Crippen LogP contribution in [0.4, 0.5) is 0 Å². The monoisotopic (exact) mass is 484 g/mol. The van der Waals surface area contributed by atoms with Gasteiger partial charge in [0.05, 0.1) is 24.9 Å². The fraction of sp³-hybridized carbons (Fsp3) is 0.944. The van der Waals surface area contributed by atoms with E-state index in [9.17, 15) is 0 Å². The minimum atomic E-state index is 0. The summed E-state index contributed by atoms with van der Waals surface area (Å²) in [6.07, 6.45) is 4.07. The predicted octanol–water partition coefficient (Wildman–Crippen LogP) is 1.46. The number of aliphatic imine (C=N–C) groups is 1. The summed E-state index contributed by atoms with van der Waals surface area (Å²) in [7, 11) is 1.81. The van der Waals surface area contributed by atoms with E-state index in [1.54, 1.807) is 0 Å². The lowest BCUT2D eigenvalue weighted by Crippen LogP contribution is -2.46. The first-order valence-corrected chi connectivity index (χ1v) is 9.69. The topological polar surface area (TPSA) is 67.4 Å². The van der Waals surface area contributed by atoms with Crippen molar-refractivity contribution in [1.29, 1.82) is 0 Å². The number of hydrogen-bond donors (Lipinski definition) is 2. The van der Waals surface area contributed by atoms with Gasteiger partial charge in [0.15, 0.2) is 5.96 Å². The average molecular weight is 484 g/mol. The number of guanidine groups is 1. The molecule has 0 aromatic carbocycles. The number of nitrogens with one attached hydrogen (secondary N) is 2. The second-order valence-electron chi connectivity index (χ2n) is 7.01. The Labute approximate surface area is 175 Å². The molecule has 2 fully saturated rings. The molecule has 3 unspecified atom stereocenters. The molecule has 7 nitrogen and oxygen atoms in total. The molecule has 8 heteroatoms. The Bertz CT molecular complexity index is 385. The summed E-state index contributed by atoms with van der Waals surface area (Å²) in [6, 6.07) is 0. The van der Waals surface area contributed by atoms with Crippen LogP contribution in [0.3, 0.4) is 0 Å². The zero-order valence-electron chi connectivity index (χ0n) is 16.5. The summed E-state index contributed by atoms with van der Waals surface area (Å²) in [5.74, 6) is 0.868. The van der Waals surface area contributed by atoms with Crippen molar-refractivity contribution >= 4 is 29.9 Å². The third-order valence-corrected chi connectivity index (χ3v) is 4.52. The molecule has 26 heavy (non-hydrogen) atoms. The van der Waals surface area contributed by atoms with Gasteiger partial charge in [-0.1, -0.05) is 0 Å². The van der Waals surface area contributed by atoms with E-state index < -0.39 is 0 Å². The van der Waals surface area contributed by atoms with Crippen LogP contribution in [0.2, 0.25) is 0 Å². The van der Waals surface area contributed by atoms with Crippen LogP contribution in [-0.2, 0) is 14.2 Å². The van der Waals surface area contributed by atoms with Crippen molar-refractivity contribution in [2.45, 2.75) is 51.4 Å². The Morgan fingerprint density at radius 2 is 1.85 bits per heavy atom. The lowest BCUT2D eigenvalue weighted by atomic mass is 10.2. The van der Waals surface area contributed by atoms with Crippen LogP contribution in [0, 0.1) is 0 Å². The van der Waals surface area contributed by atoms with Crippen LogP contribution in [0.1, 0.15) is 33.1 Å². The summed E-state index contributed by atoms with van der Waals surface area (Å²) < 4.78 is 16.8. The van der Waals surface area contributed by atoms with Gasteiger partial charge in [0.2, 0.25) is 0 Å². The van der Waals surface area contributed by atoms with E-state index in [0.29, 0.717) is 18.3 Å². The molecule has 0 amide bonds. The van der Waals surface area contributed by atoms with Crippen molar-refractivity contribution in [1.82, 2.24) is 15.5 Å². The normalized spacial score (nSPS) is 27.2. The average Bonchev–Trinajstić information content (AvgIpc) is 3.09. The molecule has 2 aliphatic rings. The number of morpholine rings is 1. The van der Waals surface area contributed by atoms with E-state index >= 15 is 0 Å². The molecule has 2 heterocycles. The Kier molecular flexibility index (Phi) is 12.8. The van der Waals surface area contributed by atoms with Gasteiger partial charge in [-0.25, -0.2) is 0 Å². The SMILES string of the molecule is CN=C(NCCCOC1CCOC1)NCCCN1CC(C)OC(C)C1.I. The number of rotatable bonds is 9. The lowest BCUT2D eigenvalue weighted by Gasteiger charge is -2.35. The van der Waals surface area contributed by atoms with Crippen molar-refractivity contribution in [2.75, 3.05) is 59.6 Å². The highest BCUT2D eigenvalue weighted by Crippen LogP contribution is 2.10. The first-order chi connectivity index (χ1) is 12.2. The van der Waals surface area contributed by atoms with E-state index in [-0.39, 0.29) is 24.0 Å². The molecule has 3 atom stereocenters. The summed E-state index contributed by atoms with van der Waals surface area (Å²) in [6.45, 7) is 11.6. The Morgan fingerprint density at radius 3 is 2.46 bits per heavy atom. The van der Waals surface area contributed by atoms with Gasteiger partial charge in [-0.15, -0.1) is 24.0 Å². The lowest BCUT2D eigenvalue weighted by molar-refractivity contribution is -0.0679. The molecule has 0 spiro atoms. The summed E-state index contributed by atoms with van der Waals surface area (Å²) >= 11 is 0. The maximum absolute atomic E-state index is 5.77. The van der Waals surface area contributed by atoms with Gasteiger partial charge in [0.25, 0.3) is 0 Å². The minimum Gasteiger partial charge on any atom is -0.379 e. The van der Waals surface area contributed by atoms with Crippen LogP contribution < -0.4 is 10.6 Å². The number of halogens is 1. The molecule has 2 rings (SSSR count). The summed E-state index contributed by atoms with van der Waals surface area (Å²) in [5.41, 5.74) is 0. The van der Waals surface area contributed by atoms with E-state index in [1.165, 1.54) is 0 Å². The molecule has 0 bridgehead atoms. The summed E-state index contributed by atoms with van der Waals surface area (Å²) in [4.78, 5) is 6.76. The van der Waals surface area contributed by atoms with Crippen LogP contribution >= 0.6 is 24.0 Å². The molecule has 2 saturated heterocycles. The van der Waals surface area contributed by atoms with E-state index in [2.05, 4.69) is 34.4 Å². The van der Waals surface area contributed by atoms with Crippen molar-refractivity contribution in [3.8, 4) is 0 Å². The van der Waals surface area contributed by atoms with Crippen LogP contribution in [0.25, 0.3) is 0 Å². The maximum Gasteiger partial charge on any atom is 0.190 e. The van der Waals surface area contributed by atoms with Gasteiger partial charge in [-0.05, 0) is 33.1 Å². The van der Waals surface area contributed by atoms with Crippen LogP contribution in [0.5, 0.6) is 0 Å². The van der Waals surface area contributed by atoms with Gasteiger partial charge in [0.1, 0.15) is 0 Å². The number of nitrogens with zero attached hydrogens (tertiary/aromatic N) is 2. The van der Waals surface area contributed by atoms with Gasteiger partial charge in [0, 0.05) is 53.0 Å². The highest BCUT2D eigenvalue weighted by molar-refractivity contribution is 14.0. The van der Waals surface area contributed by atoms with E-state index in [4.69, 9.17) is 14.2 Å². The molecular formula is C18H37IN4O3. The Hall–Kier alpha value is -0.160. The third-order valence-electron chi connectivity index (χ3n) is 4.52. The quantitative estimate of drug-likeness (QED) is 0.224. The zero-order valence-corrected chi connectivity index (χ0v) is 18.9. The molecule has 0 aromatic heterocycles. The van der Waals surface area contributed by atoms with E-state index in [0.717, 1.165) is 77.8 Å². The molecule has 2 N–H and O–H groups in total. The van der Waals surface area contributed by atoms with Gasteiger partial charge in [-0.3, -0.25) is 9.89 Å². The van der Waals surface area contributed by atoms with Crippen LogP contribution in [0.15, 0.2) is 4.99 Å². The molecule has 0 aliphatic carbocycles. The second-order valence-corrected chi connectivity index (χ2v) is 7.01. The molecule has 0 radical (unpaired) electrons. The third kappa shape index (κ3) is 9.68. The maximum atomic E-state index is 5.77. The zero-order chi connectivity index (χ0) is 17.9. The molecule has 2 aliphatic heterocycles. The van der Waals surface area contributed by atoms with E-state index in [1.807, 2.05) is 7.05 Å². The van der Waals surface area contributed by atoms with Crippen molar-refractivity contribution < 1.29 is 14.2 Å². The van der Waals surface area contributed by atoms with Crippen molar-refractivity contribution in [3.05, 3.63) is 0 Å². The molecule has 0 aromatic rings. The van der Waals surface area contributed by atoms with Gasteiger partial charge < -0.3 is 24.8 Å². The summed E-state index contributed by atoms with van der Waals surface area (Å²) in [5, 5.41) is 6.73. The van der Waals surface area contributed by atoms with Crippen LogP contribution in [-0.4, -0.2) is 88.8 Å². The van der Waals surface area contributed by atoms with Crippen molar-refractivity contribution in [2.24, 2.45) is 4.99 Å². The Morgan fingerprint density at radius 1 is 1.15 bits per heavy atom. The first kappa shape index (κ1) is 23.9. The number of hydrogen-bond acceptors (Lipinski definition) is 5. The minimum absolute atomic E-state index is 0. The highest BCUT2D eigenvalue weighted by atomic mass is 127. The second kappa shape index (κ2) is 13.9. The van der Waals surface area contributed by atoms with Gasteiger partial charge in [-0.2, -0.15) is 0 Å². The number of ether oxygens (including phenoxy) is 3. The first-order valence-electron chi connectivity index (χ1n) is 9.69. The van der Waals surface area contributed by atoms with Crippen molar-refractivity contribution in [3.63, 3.8) is 0 Å². The molecule has 0 saturated carbocycles. The molecular weight excluding hydrogens is 447 g/mol. The fourth-order valence-corrected chi connectivity index (χ4v) is 3.37. The molecule has 154 valence electrons. The largest absolute Gasteiger partial charge is 0.379 e. The standard InChI is InChI=1S/C18H36N4O3.HI/c1-15-12-22(13-16(2)25-15)9-4-7-20-18(19-3)21-8-5-10-24-17-6-11-23-14-17;/h15-17H,4-14H2,1-3H3,(H2,19,20,21);1H. The highest BCUT2D eigenvalue weighted by Gasteiger charge is 2.21. The Balaban J connectivity index is 0.00000338.